The van der Waals surface area contributed by atoms with Crippen LogP contribution < -0.4 is 10.6 Å². The van der Waals surface area contributed by atoms with E-state index < -0.39 is 17.9 Å². The maximum absolute atomic E-state index is 12.0. The molecule has 0 aromatic carbocycles. The second-order valence-electron chi connectivity index (χ2n) is 6.26. The number of urea groups is 1. The normalized spacial score (nSPS) is 36.2. The highest BCUT2D eigenvalue weighted by Crippen LogP contribution is 2.26. The monoisotopic (exact) mass is 297 g/mol. The van der Waals surface area contributed by atoms with E-state index in [4.69, 9.17) is 9.84 Å². The lowest BCUT2D eigenvalue weighted by Gasteiger charge is -2.35. The van der Waals surface area contributed by atoms with Crippen molar-refractivity contribution < 1.29 is 19.4 Å². The van der Waals surface area contributed by atoms with E-state index in [0.717, 1.165) is 19.4 Å². The predicted octanol–water partition coefficient (Wildman–Crippen LogP) is 0.0120. The summed E-state index contributed by atoms with van der Waals surface area (Å²) in [5.74, 6) is -1.57. The molecule has 3 aliphatic rings. The van der Waals surface area contributed by atoms with Gasteiger partial charge in [-0.05, 0) is 32.2 Å². The van der Waals surface area contributed by atoms with Crippen molar-refractivity contribution in [3.05, 3.63) is 0 Å². The minimum atomic E-state index is -0.919. The van der Waals surface area contributed by atoms with Gasteiger partial charge in [-0.25, -0.2) is 4.79 Å². The first-order valence-electron chi connectivity index (χ1n) is 7.75. The van der Waals surface area contributed by atoms with Crippen LogP contribution in [-0.2, 0) is 9.53 Å². The highest BCUT2D eigenvalue weighted by molar-refractivity contribution is 5.77. The summed E-state index contributed by atoms with van der Waals surface area (Å²) in [7, 11) is 0. The van der Waals surface area contributed by atoms with E-state index in [-0.39, 0.29) is 25.3 Å². The number of aliphatic carboxylic acids is 1. The Morgan fingerprint density at radius 2 is 2.00 bits per heavy atom. The SMILES string of the molecule is O=C(NC1CCN2CCCC2C1)NC1COCC1C(=O)O. The van der Waals surface area contributed by atoms with Crippen molar-refractivity contribution in [2.75, 3.05) is 26.3 Å². The maximum Gasteiger partial charge on any atom is 0.315 e. The predicted molar refractivity (Wildman–Crippen MR) is 75.0 cm³/mol. The fourth-order valence-corrected chi connectivity index (χ4v) is 3.69. The molecule has 7 heteroatoms. The molecule has 7 nitrogen and oxygen atoms in total. The maximum atomic E-state index is 12.0. The van der Waals surface area contributed by atoms with Crippen molar-refractivity contribution in [1.29, 1.82) is 0 Å². The molecule has 3 fully saturated rings. The minimum absolute atomic E-state index is 0.167. The summed E-state index contributed by atoms with van der Waals surface area (Å²) in [6.07, 6.45) is 4.44. The molecule has 0 radical (unpaired) electrons. The van der Waals surface area contributed by atoms with Crippen molar-refractivity contribution in [2.24, 2.45) is 5.92 Å². The van der Waals surface area contributed by atoms with E-state index in [1.807, 2.05) is 0 Å². The number of hydrogen-bond donors (Lipinski definition) is 3. The fourth-order valence-electron chi connectivity index (χ4n) is 3.69. The third-order valence-electron chi connectivity index (χ3n) is 4.87. The molecule has 118 valence electrons. The Bertz CT molecular complexity index is 417. The number of carboxylic acid groups (broad SMARTS) is 1. The topological polar surface area (TPSA) is 90.9 Å². The molecule has 3 rings (SSSR count). The van der Waals surface area contributed by atoms with Gasteiger partial charge in [0.05, 0.1) is 19.3 Å². The molecule has 0 saturated carbocycles. The van der Waals surface area contributed by atoms with Crippen LogP contribution in [0.1, 0.15) is 25.7 Å². The number of rotatable bonds is 3. The largest absolute Gasteiger partial charge is 0.481 e. The number of fused-ring (bicyclic) bond motifs is 1. The van der Waals surface area contributed by atoms with Gasteiger partial charge in [0.2, 0.25) is 0 Å². The van der Waals surface area contributed by atoms with Crippen LogP contribution in [0.4, 0.5) is 4.79 Å². The molecule has 0 aromatic heterocycles. The van der Waals surface area contributed by atoms with E-state index in [1.54, 1.807) is 0 Å². The number of nitrogens with zero attached hydrogens (tertiary/aromatic N) is 1. The first kappa shape index (κ1) is 14.6. The molecule has 3 N–H and O–H groups in total. The zero-order valence-electron chi connectivity index (χ0n) is 12.1. The van der Waals surface area contributed by atoms with Gasteiger partial charge < -0.3 is 25.4 Å². The molecular formula is C14H23N3O4. The van der Waals surface area contributed by atoms with E-state index in [2.05, 4.69) is 15.5 Å². The standard InChI is InChI=1S/C14H23N3O4/c18-13(19)11-7-21-8-12(11)16-14(20)15-9-3-5-17-4-1-2-10(17)6-9/h9-12H,1-8H2,(H,18,19)(H2,15,16,20). The molecule has 0 aromatic rings. The van der Waals surface area contributed by atoms with Gasteiger partial charge in [0, 0.05) is 18.6 Å². The van der Waals surface area contributed by atoms with Crippen LogP contribution in [-0.4, -0.2) is 66.4 Å². The Kier molecular flexibility index (Phi) is 4.30. The van der Waals surface area contributed by atoms with Gasteiger partial charge in [0.25, 0.3) is 0 Å². The molecule has 0 spiro atoms. The fraction of sp³-hybridized carbons (Fsp3) is 0.857. The van der Waals surface area contributed by atoms with E-state index in [1.165, 1.54) is 19.4 Å². The van der Waals surface area contributed by atoms with E-state index >= 15 is 0 Å². The average molecular weight is 297 g/mol. The van der Waals surface area contributed by atoms with Gasteiger partial charge in [-0.15, -0.1) is 0 Å². The number of carbonyl (C=O) groups is 2. The van der Waals surface area contributed by atoms with Crippen LogP contribution in [0.2, 0.25) is 0 Å². The van der Waals surface area contributed by atoms with Crippen LogP contribution in [0.3, 0.4) is 0 Å². The number of piperidine rings is 1. The molecule has 3 saturated heterocycles. The van der Waals surface area contributed by atoms with Crippen molar-refractivity contribution in [3.63, 3.8) is 0 Å². The van der Waals surface area contributed by atoms with Crippen LogP contribution in [0.15, 0.2) is 0 Å². The Balaban J connectivity index is 1.47. The van der Waals surface area contributed by atoms with Crippen LogP contribution in [0.5, 0.6) is 0 Å². The average Bonchev–Trinajstić information content (AvgIpc) is 3.06. The Morgan fingerprint density at radius 3 is 2.81 bits per heavy atom. The zero-order valence-corrected chi connectivity index (χ0v) is 12.1. The molecular weight excluding hydrogens is 274 g/mol. The molecule has 0 aliphatic carbocycles. The van der Waals surface area contributed by atoms with Crippen molar-refractivity contribution >= 4 is 12.0 Å². The molecule has 2 amide bonds. The van der Waals surface area contributed by atoms with Gasteiger partial charge in [-0.3, -0.25) is 4.79 Å². The lowest BCUT2D eigenvalue weighted by Crippen LogP contribution is -2.53. The smallest absolute Gasteiger partial charge is 0.315 e. The summed E-state index contributed by atoms with van der Waals surface area (Å²) in [6.45, 7) is 2.66. The Morgan fingerprint density at radius 1 is 1.14 bits per heavy atom. The molecule has 3 heterocycles. The van der Waals surface area contributed by atoms with Crippen LogP contribution >= 0.6 is 0 Å². The van der Waals surface area contributed by atoms with Crippen LogP contribution in [0, 0.1) is 5.92 Å². The molecule has 21 heavy (non-hydrogen) atoms. The number of carbonyl (C=O) groups excluding carboxylic acids is 1. The molecule has 4 atom stereocenters. The van der Waals surface area contributed by atoms with Crippen molar-refractivity contribution in [3.8, 4) is 0 Å². The van der Waals surface area contributed by atoms with Gasteiger partial charge >= 0.3 is 12.0 Å². The van der Waals surface area contributed by atoms with E-state index in [9.17, 15) is 9.59 Å². The highest BCUT2D eigenvalue weighted by Gasteiger charge is 2.36. The lowest BCUT2D eigenvalue weighted by atomic mass is 9.98. The van der Waals surface area contributed by atoms with Gasteiger partial charge in [0.1, 0.15) is 5.92 Å². The highest BCUT2D eigenvalue weighted by atomic mass is 16.5. The summed E-state index contributed by atoms with van der Waals surface area (Å²) in [5.41, 5.74) is 0. The van der Waals surface area contributed by atoms with Gasteiger partial charge in [0.15, 0.2) is 0 Å². The zero-order chi connectivity index (χ0) is 14.8. The molecule has 4 unspecified atom stereocenters. The first-order chi connectivity index (χ1) is 10.1. The summed E-state index contributed by atoms with van der Waals surface area (Å²) in [5, 5.41) is 14.8. The summed E-state index contributed by atoms with van der Waals surface area (Å²) >= 11 is 0. The second-order valence-corrected chi connectivity index (χ2v) is 6.26. The lowest BCUT2D eigenvalue weighted by molar-refractivity contribution is -0.142. The molecule has 0 bridgehead atoms. The van der Waals surface area contributed by atoms with Gasteiger partial charge in [-0.1, -0.05) is 0 Å². The number of hydrogen-bond acceptors (Lipinski definition) is 4. The van der Waals surface area contributed by atoms with Crippen LogP contribution in [0.25, 0.3) is 0 Å². The third-order valence-corrected chi connectivity index (χ3v) is 4.87. The number of carboxylic acids is 1. The number of amides is 2. The van der Waals surface area contributed by atoms with Gasteiger partial charge in [-0.2, -0.15) is 0 Å². The summed E-state index contributed by atoms with van der Waals surface area (Å²) in [4.78, 5) is 25.6. The Hall–Kier alpha value is -1.34. The van der Waals surface area contributed by atoms with Crippen molar-refractivity contribution in [2.45, 2.75) is 43.8 Å². The quantitative estimate of drug-likeness (QED) is 0.683. The third kappa shape index (κ3) is 3.29. The Labute approximate surface area is 124 Å². The second kappa shape index (κ2) is 6.19. The number of ether oxygens (including phenoxy) is 1. The van der Waals surface area contributed by atoms with Crippen molar-refractivity contribution in [1.82, 2.24) is 15.5 Å². The summed E-state index contributed by atoms with van der Waals surface area (Å²) in [6, 6.07) is 0.0860. The first-order valence-corrected chi connectivity index (χ1v) is 7.75. The summed E-state index contributed by atoms with van der Waals surface area (Å²) < 4.78 is 5.15. The minimum Gasteiger partial charge on any atom is -0.481 e. The molecule has 3 aliphatic heterocycles. The number of nitrogens with one attached hydrogen (secondary N) is 2. The van der Waals surface area contributed by atoms with E-state index in [0.29, 0.717) is 6.04 Å².